The molecular formula is C9H17NO2Si. The minimum Gasteiger partial charge on any atom is -0.380 e. The Morgan fingerprint density at radius 1 is 1.69 bits per heavy atom. The van der Waals surface area contributed by atoms with E-state index >= 15 is 0 Å². The summed E-state index contributed by atoms with van der Waals surface area (Å²) in [6.07, 6.45) is 4.93. The molecule has 1 aliphatic heterocycles. The van der Waals surface area contributed by atoms with Crippen LogP contribution in [-0.2, 0) is 9.53 Å². The van der Waals surface area contributed by atoms with Crippen LogP contribution >= 0.6 is 0 Å². The maximum absolute atomic E-state index is 10.2. The average molecular weight is 199 g/mol. The van der Waals surface area contributed by atoms with Gasteiger partial charge >= 0.3 is 0 Å². The molecule has 74 valence electrons. The molecular weight excluding hydrogens is 182 g/mol. The average Bonchev–Trinajstić information content (AvgIpc) is 2.17. The highest BCUT2D eigenvalue weighted by molar-refractivity contribution is 6.37. The van der Waals surface area contributed by atoms with Gasteiger partial charge < -0.3 is 4.74 Å². The smallest absolute Gasteiger partial charge is 0.235 e. The Bertz CT molecular complexity index is 192. The summed E-state index contributed by atoms with van der Waals surface area (Å²) in [6, 6.07) is 1.42. The quantitative estimate of drug-likeness (QED) is 0.382. The van der Waals surface area contributed by atoms with Gasteiger partial charge in [-0.2, -0.15) is 0 Å². The highest BCUT2D eigenvalue weighted by atomic mass is 28.2. The second kappa shape index (κ2) is 6.08. The zero-order valence-corrected chi connectivity index (χ0v) is 9.58. The molecule has 13 heavy (non-hydrogen) atoms. The van der Waals surface area contributed by atoms with Crippen molar-refractivity contribution in [2.45, 2.75) is 44.0 Å². The van der Waals surface area contributed by atoms with Crippen LogP contribution in [-0.4, -0.2) is 34.0 Å². The Labute approximate surface area is 81.4 Å². The molecule has 0 spiro atoms. The van der Waals surface area contributed by atoms with E-state index in [1.807, 2.05) is 0 Å². The lowest BCUT2D eigenvalue weighted by Crippen LogP contribution is -2.37. The molecule has 0 aromatic heterocycles. The Morgan fingerprint density at radius 3 is 3.23 bits per heavy atom. The van der Waals surface area contributed by atoms with Crippen molar-refractivity contribution in [1.29, 1.82) is 0 Å². The third kappa shape index (κ3) is 3.42. The Kier molecular flexibility index (Phi) is 4.97. The van der Waals surface area contributed by atoms with Gasteiger partial charge in [0, 0.05) is 6.61 Å². The molecule has 1 rings (SSSR count). The second-order valence-electron chi connectivity index (χ2n) is 3.48. The molecule has 1 aliphatic rings. The van der Waals surface area contributed by atoms with E-state index in [4.69, 9.17) is 4.74 Å². The molecule has 1 saturated heterocycles. The van der Waals surface area contributed by atoms with E-state index < -0.39 is 0 Å². The third-order valence-corrected chi connectivity index (χ3v) is 4.93. The predicted molar refractivity (Wildman–Crippen MR) is 54.5 cm³/mol. The first-order chi connectivity index (χ1) is 6.38. The summed E-state index contributed by atoms with van der Waals surface area (Å²) in [5, 5.41) is 0. The Morgan fingerprint density at radius 2 is 2.54 bits per heavy atom. The van der Waals surface area contributed by atoms with Gasteiger partial charge in [-0.15, -0.1) is 0 Å². The van der Waals surface area contributed by atoms with E-state index in [2.05, 4.69) is 11.9 Å². The molecule has 1 fully saturated rings. The van der Waals surface area contributed by atoms with Crippen LogP contribution in [0.5, 0.6) is 0 Å². The number of isocyanates is 1. The SMILES string of the molecule is CCC[SiH2]C1OCCCC1N=C=O. The highest BCUT2D eigenvalue weighted by Crippen LogP contribution is 2.17. The van der Waals surface area contributed by atoms with Crippen molar-refractivity contribution in [3.63, 3.8) is 0 Å². The van der Waals surface area contributed by atoms with Gasteiger partial charge in [0.1, 0.15) is 0 Å². The lowest BCUT2D eigenvalue weighted by Gasteiger charge is -2.27. The fourth-order valence-corrected chi connectivity index (χ4v) is 3.59. The van der Waals surface area contributed by atoms with Crippen molar-refractivity contribution in [1.82, 2.24) is 0 Å². The maximum Gasteiger partial charge on any atom is 0.235 e. The normalized spacial score (nSPS) is 29.0. The summed E-state index contributed by atoms with van der Waals surface area (Å²) in [7, 11) is -0.197. The van der Waals surface area contributed by atoms with Crippen LogP contribution in [0.2, 0.25) is 6.04 Å². The molecule has 0 aromatic rings. The topological polar surface area (TPSA) is 38.7 Å². The minimum atomic E-state index is -0.197. The molecule has 0 radical (unpaired) electrons. The van der Waals surface area contributed by atoms with Crippen molar-refractivity contribution in [3.8, 4) is 0 Å². The molecule has 1 heterocycles. The molecule has 2 atom stereocenters. The van der Waals surface area contributed by atoms with Crippen molar-refractivity contribution in [2.75, 3.05) is 6.61 Å². The van der Waals surface area contributed by atoms with Gasteiger partial charge in [0.05, 0.1) is 21.3 Å². The van der Waals surface area contributed by atoms with Crippen molar-refractivity contribution < 1.29 is 9.53 Å². The van der Waals surface area contributed by atoms with Crippen LogP contribution in [0.4, 0.5) is 0 Å². The fraction of sp³-hybridized carbons (Fsp3) is 0.889. The zero-order chi connectivity index (χ0) is 9.52. The monoisotopic (exact) mass is 199 g/mol. The molecule has 0 amide bonds. The van der Waals surface area contributed by atoms with Crippen LogP contribution in [0.1, 0.15) is 26.2 Å². The van der Waals surface area contributed by atoms with Gasteiger partial charge in [-0.25, -0.2) is 9.79 Å². The number of aliphatic imine (C=N–C) groups is 1. The Hall–Kier alpha value is -0.443. The summed E-state index contributed by atoms with van der Waals surface area (Å²) in [6.45, 7) is 3.04. The number of ether oxygens (including phenoxy) is 1. The summed E-state index contributed by atoms with van der Waals surface area (Å²) in [5.41, 5.74) is 0.301. The first-order valence-corrected chi connectivity index (χ1v) is 6.88. The number of nitrogens with zero attached hydrogens (tertiary/aromatic N) is 1. The van der Waals surface area contributed by atoms with Gasteiger partial charge in [-0.05, 0) is 12.8 Å². The van der Waals surface area contributed by atoms with Crippen LogP contribution < -0.4 is 0 Å². The van der Waals surface area contributed by atoms with E-state index in [1.54, 1.807) is 6.08 Å². The standard InChI is InChI=1S/C9H17NO2Si/c1-2-6-13-9-8(10-7-11)4-3-5-12-9/h8-9H,2-6,13H2,1H3. The minimum absolute atomic E-state index is 0.129. The largest absolute Gasteiger partial charge is 0.380 e. The van der Waals surface area contributed by atoms with Crippen LogP contribution in [0.3, 0.4) is 0 Å². The van der Waals surface area contributed by atoms with E-state index in [0.29, 0.717) is 5.73 Å². The summed E-state index contributed by atoms with van der Waals surface area (Å²) in [5.74, 6) is 0. The molecule has 4 heteroatoms. The lowest BCUT2D eigenvalue weighted by atomic mass is 10.1. The highest BCUT2D eigenvalue weighted by Gasteiger charge is 2.24. The van der Waals surface area contributed by atoms with Gasteiger partial charge in [0.25, 0.3) is 0 Å². The predicted octanol–water partition coefficient (Wildman–Crippen LogP) is 0.824. The van der Waals surface area contributed by atoms with Crippen molar-refractivity contribution in [3.05, 3.63) is 0 Å². The summed E-state index contributed by atoms with van der Waals surface area (Å²) >= 11 is 0. The fourth-order valence-electron chi connectivity index (χ4n) is 1.72. The molecule has 0 bridgehead atoms. The van der Waals surface area contributed by atoms with Crippen LogP contribution in [0.25, 0.3) is 0 Å². The van der Waals surface area contributed by atoms with Gasteiger partial charge in [0.2, 0.25) is 6.08 Å². The zero-order valence-electron chi connectivity index (χ0n) is 8.16. The van der Waals surface area contributed by atoms with Gasteiger partial charge in [0.15, 0.2) is 0 Å². The third-order valence-electron chi connectivity index (χ3n) is 2.47. The Balaban J connectivity index is 2.41. The first-order valence-electron chi connectivity index (χ1n) is 5.07. The van der Waals surface area contributed by atoms with Gasteiger partial charge in [-0.3, -0.25) is 0 Å². The molecule has 0 saturated carbocycles. The van der Waals surface area contributed by atoms with Crippen molar-refractivity contribution >= 4 is 15.6 Å². The van der Waals surface area contributed by atoms with Crippen molar-refractivity contribution in [2.24, 2.45) is 4.99 Å². The number of hydrogen-bond acceptors (Lipinski definition) is 3. The first kappa shape index (κ1) is 10.6. The number of carbonyl (C=O) groups excluding carboxylic acids is 1. The van der Waals surface area contributed by atoms with E-state index in [1.165, 1.54) is 12.5 Å². The molecule has 2 unspecified atom stereocenters. The summed E-state index contributed by atoms with van der Waals surface area (Å²) < 4.78 is 5.63. The van der Waals surface area contributed by atoms with E-state index in [9.17, 15) is 4.79 Å². The molecule has 3 nitrogen and oxygen atoms in total. The molecule has 0 N–H and O–H groups in total. The van der Waals surface area contributed by atoms with E-state index in [-0.39, 0.29) is 15.6 Å². The lowest BCUT2D eigenvalue weighted by molar-refractivity contribution is 0.0509. The maximum atomic E-state index is 10.2. The molecule has 0 aliphatic carbocycles. The second-order valence-corrected chi connectivity index (χ2v) is 5.57. The molecule has 0 aromatic carbocycles. The number of rotatable bonds is 4. The van der Waals surface area contributed by atoms with Gasteiger partial charge in [-0.1, -0.05) is 19.4 Å². The van der Waals surface area contributed by atoms with Crippen LogP contribution in [0, 0.1) is 0 Å². The summed E-state index contributed by atoms with van der Waals surface area (Å²) in [4.78, 5) is 14.0. The number of hydrogen-bond donors (Lipinski definition) is 0. The van der Waals surface area contributed by atoms with E-state index in [0.717, 1.165) is 19.4 Å². The van der Waals surface area contributed by atoms with Crippen LogP contribution in [0.15, 0.2) is 4.99 Å².